The van der Waals surface area contributed by atoms with E-state index in [4.69, 9.17) is 0 Å². The van der Waals surface area contributed by atoms with Gasteiger partial charge in [-0.15, -0.1) is 0 Å². The molecule has 0 aliphatic carbocycles. The zero-order valence-corrected chi connectivity index (χ0v) is 18.2. The number of halogens is 3. The highest BCUT2D eigenvalue weighted by Gasteiger charge is 2.35. The van der Waals surface area contributed by atoms with E-state index in [9.17, 15) is 23.1 Å². The number of rotatable bonds is 6. The molecule has 170 valence electrons. The van der Waals surface area contributed by atoms with Gasteiger partial charge in [-0.2, -0.15) is 25.6 Å². The fourth-order valence-electron chi connectivity index (χ4n) is 3.30. The largest absolute Gasteiger partial charge is 0.417 e. The Hall–Kier alpha value is -2.86. The summed E-state index contributed by atoms with van der Waals surface area (Å²) in [5.41, 5.74) is -1.52. The molecule has 1 saturated heterocycles. The van der Waals surface area contributed by atoms with Crippen molar-refractivity contribution in [1.29, 1.82) is 0 Å². The fourth-order valence-corrected chi connectivity index (χ4v) is 4.26. The lowest BCUT2D eigenvalue weighted by atomic mass is 10.0. The van der Waals surface area contributed by atoms with Crippen molar-refractivity contribution in [3.05, 3.63) is 41.6 Å². The Bertz CT molecular complexity index is 1190. The van der Waals surface area contributed by atoms with Gasteiger partial charge in [0.25, 0.3) is 5.91 Å². The lowest BCUT2D eigenvalue weighted by Crippen LogP contribution is -2.55. The number of amides is 1. The first kappa shape index (κ1) is 22.3. The van der Waals surface area contributed by atoms with Crippen LogP contribution in [-0.2, 0) is 5.60 Å². The van der Waals surface area contributed by atoms with Crippen LogP contribution in [0.2, 0.25) is 0 Å². The van der Waals surface area contributed by atoms with Gasteiger partial charge in [0.1, 0.15) is 17.0 Å². The molecule has 1 fully saturated rings. The summed E-state index contributed by atoms with van der Waals surface area (Å²) < 4.78 is 45.0. The van der Waals surface area contributed by atoms with Crippen LogP contribution in [0.3, 0.4) is 0 Å². The quantitative estimate of drug-likeness (QED) is 0.575. The van der Waals surface area contributed by atoms with Gasteiger partial charge in [0.2, 0.25) is 5.88 Å². The Morgan fingerprint density at radius 3 is 2.62 bits per heavy atom. The molecule has 0 saturated carbocycles. The second-order valence-corrected chi connectivity index (χ2v) is 9.26. The van der Waals surface area contributed by atoms with Gasteiger partial charge in [0.15, 0.2) is 11.5 Å². The number of nitrogens with one attached hydrogen (secondary N) is 1. The number of aromatic nitrogens is 4. The number of carbonyl (C=O) groups is 1. The van der Waals surface area contributed by atoms with E-state index in [1.54, 1.807) is 11.8 Å². The number of hydrogen-bond donors (Lipinski definition) is 2. The van der Waals surface area contributed by atoms with Crippen LogP contribution in [0, 0.1) is 5.82 Å². The van der Waals surface area contributed by atoms with Crippen LogP contribution < -0.4 is 10.1 Å². The van der Waals surface area contributed by atoms with Gasteiger partial charge in [-0.05, 0) is 26.8 Å². The number of fused-ring (bicyclic) bond motifs is 1. The molecule has 0 aromatic carbocycles. The standard InChI is InChI=1S/C20H20F3N5O3S/c1-19(2,30)15-11-4-10(17(29)26-20(3)8-32-9-20)6-25-16(11)28(27-15)13-5-14(31-18(22)23)24-7-12(13)21/h4-7,18,30H,8-9H2,1-3H3,(H,26,29). The second-order valence-electron chi connectivity index (χ2n) is 8.27. The van der Waals surface area contributed by atoms with E-state index in [0.717, 1.165) is 28.5 Å². The number of nitrogens with zero attached hydrogens (tertiary/aromatic N) is 4. The van der Waals surface area contributed by atoms with Crippen molar-refractivity contribution in [1.82, 2.24) is 25.1 Å². The predicted molar refractivity (Wildman–Crippen MR) is 112 cm³/mol. The molecule has 4 rings (SSSR count). The van der Waals surface area contributed by atoms with Crippen LogP contribution in [-0.4, -0.2) is 54.4 Å². The zero-order chi connectivity index (χ0) is 23.3. The molecular formula is C20H20F3N5O3S. The van der Waals surface area contributed by atoms with E-state index in [0.29, 0.717) is 5.39 Å². The van der Waals surface area contributed by atoms with Crippen molar-refractivity contribution in [2.75, 3.05) is 11.5 Å². The minimum atomic E-state index is -3.14. The number of hydrogen-bond acceptors (Lipinski definition) is 7. The van der Waals surface area contributed by atoms with Crippen LogP contribution in [0.5, 0.6) is 5.88 Å². The smallest absolute Gasteiger partial charge is 0.388 e. The van der Waals surface area contributed by atoms with Crippen LogP contribution in [0.1, 0.15) is 36.8 Å². The Morgan fingerprint density at radius 2 is 2.03 bits per heavy atom. The first-order chi connectivity index (χ1) is 15.0. The van der Waals surface area contributed by atoms with E-state index in [-0.39, 0.29) is 34.0 Å². The number of carbonyl (C=O) groups excluding carboxylic acids is 1. The molecule has 2 N–H and O–H groups in total. The molecule has 12 heteroatoms. The van der Waals surface area contributed by atoms with Gasteiger partial charge in [-0.3, -0.25) is 4.79 Å². The Morgan fingerprint density at radius 1 is 1.31 bits per heavy atom. The van der Waals surface area contributed by atoms with Crippen LogP contribution in [0.25, 0.3) is 16.7 Å². The summed E-state index contributed by atoms with van der Waals surface area (Å²) in [5, 5.41) is 18.2. The molecule has 0 atom stereocenters. The summed E-state index contributed by atoms with van der Waals surface area (Å²) in [6.07, 6.45) is 2.04. The molecule has 1 amide bonds. The molecule has 1 aliphatic rings. The van der Waals surface area contributed by atoms with Crippen molar-refractivity contribution < 1.29 is 27.8 Å². The first-order valence-corrected chi connectivity index (χ1v) is 10.7. The Labute approximate surface area is 185 Å². The average Bonchev–Trinajstić information content (AvgIpc) is 3.07. The highest BCUT2D eigenvalue weighted by atomic mass is 32.2. The SMILES string of the molecule is CC1(NC(=O)c2cnc3c(c2)c(C(C)(C)O)nn3-c2cc(OC(F)F)ncc2F)CSC1. The Kier molecular flexibility index (Phi) is 5.53. The summed E-state index contributed by atoms with van der Waals surface area (Å²) in [6.45, 7) is 1.76. The van der Waals surface area contributed by atoms with Gasteiger partial charge >= 0.3 is 6.61 Å². The van der Waals surface area contributed by atoms with Crippen molar-refractivity contribution in [2.24, 2.45) is 0 Å². The van der Waals surface area contributed by atoms with Crippen LogP contribution >= 0.6 is 11.8 Å². The van der Waals surface area contributed by atoms with E-state index < -0.39 is 23.9 Å². The van der Waals surface area contributed by atoms with E-state index in [1.165, 1.54) is 26.1 Å². The highest BCUT2D eigenvalue weighted by molar-refractivity contribution is 8.00. The van der Waals surface area contributed by atoms with E-state index >= 15 is 0 Å². The maximum absolute atomic E-state index is 14.5. The van der Waals surface area contributed by atoms with Crippen molar-refractivity contribution in [3.8, 4) is 11.6 Å². The topological polar surface area (TPSA) is 102 Å². The average molecular weight is 467 g/mol. The lowest BCUT2D eigenvalue weighted by Gasteiger charge is -2.38. The van der Waals surface area contributed by atoms with Crippen molar-refractivity contribution in [2.45, 2.75) is 38.5 Å². The third-order valence-corrected chi connectivity index (χ3v) is 6.55. The number of pyridine rings is 2. The molecule has 0 bridgehead atoms. The molecule has 32 heavy (non-hydrogen) atoms. The summed E-state index contributed by atoms with van der Waals surface area (Å²) in [5.74, 6) is -0.110. The second kappa shape index (κ2) is 7.93. The molecule has 3 aromatic rings. The van der Waals surface area contributed by atoms with Gasteiger partial charge in [0.05, 0.1) is 17.3 Å². The molecule has 3 aromatic heterocycles. The lowest BCUT2D eigenvalue weighted by molar-refractivity contribution is -0.0529. The van der Waals surface area contributed by atoms with Crippen molar-refractivity contribution >= 4 is 28.7 Å². The zero-order valence-electron chi connectivity index (χ0n) is 17.4. The molecule has 4 heterocycles. The summed E-state index contributed by atoms with van der Waals surface area (Å²) in [7, 11) is 0. The van der Waals surface area contributed by atoms with E-state index in [2.05, 4.69) is 25.1 Å². The van der Waals surface area contributed by atoms with Gasteiger partial charge < -0.3 is 15.2 Å². The summed E-state index contributed by atoms with van der Waals surface area (Å²) >= 11 is 1.72. The van der Waals surface area contributed by atoms with Gasteiger partial charge in [-0.25, -0.2) is 19.0 Å². The fraction of sp³-hybridized carbons (Fsp3) is 0.400. The predicted octanol–water partition coefficient (Wildman–Crippen LogP) is 3.02. The normalized spacial score (nSPS) is 15.6. The maximum Gasteiger partial charge on any atom is 0.388 e. The molecular weight excluding hydrogens is 447 g/mol. The van der Waals surface area contributed by atoms with Crippen LogP contribution in [0.4, 0.5) is 13.2 Å². The maximum atomic E-state index is 14.5. The van der Waals surface area contributed by atoms with E-state index in [1.807, 2.05) is 6.92 Å². The number of aliphatic hydroxyl groups is 1. The molecule has 8 nitrogen and oxygen atoms in total. The number of thioether (sulfide) groups is 1. The molecule has 1 aliphatic heterocycles. The van der Waals surface area contributed by atoms with Crippen molar-refractivity contribution in [3.63, 3.8) is 0 Å². The third-order valence-electron chi connectivity index (χ3n) is 4.87. The highest BCUT2D eigenvalue weighted by Crippen LogP contribution is 2.32. The number of alkyl halides is 2. The van der Waals surface area contributed by atoms with Gasteiger partial charge in [0, 0.05) is 29.2 Å². The minimum Gasteiger partial charge on any atom is -0.417 e. The van der Waals surface area contributed by atoms with Gasteiger partial charge in [-0.1, -0.05) is 0 Å². The molecule has 0 radical (unpaired) electrons. The minimum absolute atomic E-state index is 0.122. The summed E-state index contributed by atoms with van der Waals surface area (Å²) in [4.78, 5) is 20.5. The monoisotopic (exact) mass is 467 g/mol. The molecule has 0 spiro atoms. The van der Waals surface area contributed by atoms with Crippen LogP contribution in [0.15, 0.2) is 24.5 Å². The first-order valence-electron chi connectivity index (χ1n) is 9.59. The summed E-state index contributed by atoms with van der Waals surface area (Å²) in [6, 6.07) is 2.47. The third kappa shape index (κ3) is 4.24. The molecule has 0 unspecified atom stereocenters. The Balaban J connectivity index is 1.82. The number of ether oxygens (including phenoxy) is 1.